The maximum absolute atomic E-state index is 14.5. The minimum atomic E-state index is -0.994. The summed E-state index contributed by atoms with van der Waals surface area (Å²) in [5.41, 5.74) is 3.28. The molecule has 1 fully saturated rings. The van der Waals surface area contributed by atoms with Crippen molar-refractivity contribution in [2.24, 2.45) is 0 Å². The second-order valence-electron chi connectivity index (χ2n) is 7.48. The number of para-hydroxylation sites is 1. The summed E-state index contributed by atoms with van der Waals surface area (Å²) in [7, 11) is 0. The van der Waals surface area contributed by atoms with Crippen molar-refractivity contribution in [3.05, 3.63) is 54.2 Å². The van der Waals surface area contributed by atoms with Crippen LogP contribution in [0.4, 0.5) is 4.39 Å². The number of fused-ring (bicyclic) bond motifs is 2. The molecule has 2 unspecified atom stereocenters. The van der Waals surface area contributed by atoms with E-state index in [1.807, 2.05) is 60.0 Å². The number of aryl methyl sites for hydroxylation is 1. The Bertz CT molecular complexity index is 1170. The fraction of sp³-hybridized carbons (Fsp3) is 0.318. The van der Waals surface area contributed by atoms with Crippen LogP contribution in [-0.4, -0.2) is 44.9 Å². The van der Waals surface area contributed by atoms with Crippen LogP contribution in [0.2, 0.25) is 0 Å². The molecule has 1 N–H and O–H groups in total. The minimum absolute atomic E-state index is 0.458. The second-order valence-corrected chi connectivity index (χ2v) is 7.48. The molecular weight excluding hydrogens is 369 g/mol. The normalized spacial score (nSPS) is 20.1. The predicted octanol–water partition coefficient (Wildman–Crippen LogP) is 3.72. The largest absolute Gasteiger partial charge is 0.485 e. The third kappa shape index (κ3) is 3.42. The molecule has 4 aromatic rings. The Morgan fingerprint density at radius 3 is 2.90 bits per heavy atom. The van der Waals surface area contributed by atoms with Crippen LogP contribution in [0.15, 0.2) is 48.7 Å². The SMILES string of the molecule is Cc1ccc2nnc(-c3ccc4cccc(OC5CCNCCC5F)c4n3)n2c1. The Balaban J connectivity index is 1.57. The topological polar surface area (TPSA) is 64.3 Å². The summed E-state index contributed by atoms with van der Waals surface area (Å²) in [5.74, 6) is 1.27. The lowest BCUT2D eigenvalue weighted by molar-refractivity contribution is 0.0983. The van der Waals surface area contributed by atoms with E-state index in [9.17, 15) is 4.39 Å². The first kappa shape index (κ1) is 18.0. The van der Waals surface area contributed by atoms with Gasteiger partial charge in [0.15, 0.2) is 11.5 Å². The lowest BCUT2D eigenvalue weighted by Gasteiger charge is -2.21. The molecule has 1 aliphatic heterocycles. The van der Waals surface area contributed by atoms with Crippen molar-refractivity contribution >= 4 is 16.6 Å². The molecule has 1 saturated heterocycles. The zero-order valence-corrected chi connectivity index (χ0v) is 16.2. The number of alkyl halides is 1. The van der Waals surface area contributed by atoms with Crippen molar-refractivity contribution in [1.82, 2.24) is 24.9 Å². The van der Waals surface area contributed by atoms with Gasteiger partial charge in [-0.3, -0.25) is 4.40 Å². The minimum Gasteiger partial charge on any atom is -0.485 e. The number of halogens is 1. The highest BCUT2D eigenvalue weighted by atomic mass is 19.1. The van der Waals surface area contributed by atoms with Gasteiger partial charge in [0, 0.05) is 11.6 Å². The van der Waals surface area contributed by atoms with E-state index in [1.165, 1.54) is 0 Å². The molecular formula is C22H22FN5O. The summed E-state index contributed by atoms with van der Waals surface area (Å²) in [6.45, 7) is 3.45. The summed E-state index contributed by atoms with van der Waals surface area (Å²) in [5, 5.41) is 12.7. The van der Waals surface area contributed by atoms with Gasteiger partial charge in [-0.2, -0.15) is 0 Å². The van der Waals surface area contributed by atoms with E-state index < -0.39 is 12.3 Å². The fourth-order valence-corrected chi connectivity index (χ4v) is 3.78. The van der Waals surface area contributed by atoms with E-state index in [-0.39, 0.29) is 0 Å². The Hall–Kier alpha value is -3.06. The van der Waals surface area contributed by atoms with E-state index in [0.29, 0.717) is 42.2 Å². The molecule has 0 radical (unpaired) electrons. The number of rotatable bonds is 3. The molecule has 0 bridgehead atoms. The molecule has 148 valence electrons. The molecule has 4 heterocycles. The average molecular weight is 391 g/mol. The quantitative estimate of drug-likeness (QED) is 0.577. The fourth-order valence-electron chi connectivity index (χ4n) is 3.78. The monoisotopic (exact) mass is 391 g/mol. The zero-order chi connectivity index (χ0) is 19.8. The van der Waals surface area contributed by atoms with Crippen LogP contribution in [0, 0.1) is 6.92 Å². The van der Waals surface area contributed by atoms with Gasteiger partial charge in [0.05, 0.1) is 0 Å². The molecule has 1 aromatic carbocycles. The zero-order valence-electron chi connectivity index (χ0n) is 16.2. The summed E-state index contributed by atoms with van der Waals surface area (Å²) in [6.07, 6.45) is 1.61. The molecule has 0 spiro atoms. The van der Waals surface area contributed by atoms with E-state index in [2.05, 4.69) is 15.5 Å². The molecule has 0 saturated carbocycles. The number of hydrogen-bond donors (Lipinski definition) is 1. The smallest absolute Gasteiger partial charge is 0.187 e. The van der Waals surface area contributed by atoms with Gasteiger partial charge in [-0.1, -0.05) is 24.3 Å². The summed E-state index contributed by atoms with van der Waals surface area (Å²) >= 11 is 0. The predicted molar refractivity (Wildman–Crippen MR) is 110 cm³/mol. The Kier molecular flexibility index (Phi) is 4.60. The molecule has 5 rings (SSSR count). The van der Waals surface area contributed by atoms with Gasteiger partial charge in [0.2, 0.25) is 0 Å². The van der Waals surface area contributed by atoms with Gasteiger partial charge in [0.25, 0.3) is 0 Å². The second kappa shape index (κ2) is 7.40. The van der Waals surface area contributed by atoms with Crippen molar-refractivity contribution in [2.75, 3.05) is 13.1 Å². The number of nitrogens with zero attached hydrogens (tertiary/aromatic N) is 4. The van der Waals surface area contributed by atoms with Crippen LogP contribution in [-0.2, 0) is 0 Å². The number of benzene rings is 1. The molecule has 2 atom stereocenters. The van der Waals surface area contributed by atoms with E-state index in [1.54, 1.807) is 0 Å². The molecule has 3 aromatic heterocycles. The third-order valence-electron chi connectivity index (χ3n) is 5.35. The highest BCUT2D eigenvalue weighted by Gasteiger charge is 2.25. The van der Waals surface area contributed by atoms with Crippen LogP contribution in [0.3, 0.4) is 0 Å². The van der Waals surface area contributed by atoms with E-state index >= 15 is 0 Å². The van der Waals surface area contributed by atoms with Crippen LogP contribution in [0.25, 0.3) is 28.1 Å². The average Bonchev–Trinajstić information content (AvgIpc) is 3.04. The van der Waals surface area contributed by atoms with Crippen LogP contribution in [0.1, 0.15) is 18.4 Å². The van der Waals surface area contributed by atoms with Crippen LogP contribution >= 0.6 is 0 Å². The molecule has 7 heteroatoms. The molecule has 29 heavy (non-hydrogen) atoms. The first-order chi connectivity index (χ1) is 14.2. The van der Waals surface area contributed by atoms with Gasteiger partial charge in [-0.15, -0.1) is 10.2 Å². The molecule has 6 nitrogen and oxygen atoms in total. The Morgan fingerprint density at radius 1 is 1.07 bits per heavy atom. The van der Waals surface area contributed by atoms with Crippen LogP contribution in [0.5, 0.6) is 5.75 Å². The van der Waals surface area contributed by atoms with Gasteiger partial charge >= 0.3 is 0 Å². The Labute approximate surface area is 167 Å². The van der Waals surface area contributed by atoms with Gasteiger partial charge in [-0.25, -0.2) is 9.37 Å². The number of hydrogen-bond acceptors (Lipinski definition) is 5. The first-order valence-electron chi connectivity index (χ1n) is 9.92. The lowest BCUT2D eigenvalue weighted by atomic mass is 10.1. The molecule has 0 amide bonds. The lowest BCUT2D eigenvalue weighted by Crippen LogP contribution is -2.28. The van der Waals surface area contributed by atoms with Crippen molar-refractivity contribution in [1.29, 1.82) is 0 Å². The third-order valence-corrected chi connectivity index (χ3v) is 5.35. The van der Waals surface area contributed by atoms with E-state index in [4.69, 9.17) is 9.72 Å². The first-order valence-corrected chi connectivity index (χ1v) is 9.92. The van der Waals surface area contributed by atoms with Crippen LogP contribution < -0.4 is 10.1 Å². The maximum atomic E-state index is 14.5. The summed E-state index contributed by atoms with van der Waals surface area (Å²) < 4.78 is 22.6. The number of pyridine rings is 2. The maximum Gasteiger partial charge on any atom is 0.187 e. The van der Waals surface area contributed by atoms with Gasteiger partial charge < -0.3 is 10.1 Å². The highest BCUT2D eigenvalue weighted by molar-refractivity contribution is 5.86. The van der Waals surface area contributed by atoms with E-state index in [0.717, 1.165) is 23.1 Å². The summed E-state index contributed by atoms with van der Waals surface area (Å²) in [6, 6.07) is 13.6. The van der Waals surface area contributed by atoms with Crippen molar-refractivity contribution in [3.63, 3.8) is 0 Å². The van der Waals surface area contributed by atoms with Gasteiger partial charge in [0.1, 0.15) is 29.2 Å². The number of ether oxygens (including phenoxy) is 1. The summed E-state index contributed by atoms with van der Waals surface area (Å²) in [4.78, 5) is 4.82. The highest BCUT2D eigenvalue weighted by Crippen LogP contribution is 2.29. The van der Waals surface area contributed by atoms with Gasteiger partial charge in [-0.05, 0) is 56.6 Å². The van der Waals surface area contributed by atoms with Crippen molar-refractivity contribution in [3.8, 4) is 17.3 Å². The van der Waals surface area contributed by atoms with Crippen molar-refractivity contribution in [2.45, 2.75) is 32.0 Å². The standard InChI is InChI=1S/C22H22FN5O/c1-14-5-8-20-26-27-22(28(20)13-14)17-7-6-15-3-2-4-19(21(15)25-17)29-18-10-12-24-11-9-16(18)23/h2-8,13,16,18,24H,9-12H2,1H3. The molecule has 0 aliphatic carbocycles. The van der Waals surface area contributed by atoms with Crippen molar-refractivity contribution < 1.29 is 9.13 Å². The Morgan fingerprint density at radius 2 is 1.97 bits per heavy atom. The molecule has 1 aliphatic rings. The number of nitrogens with one attached hydrogen (secondary N) is 1. The number of aromatic nitrogens is 4.